The van der Waals surface area contributed by atoms with Crippen molar-refractivity contribution in [2.75, 3.05) is 39.6 Å². The van der Waals surface area contributed by atoms with Crippen LogP contribution in [-0.2, 0) is 65.4 Å². The number of ether oxygens (including phenoxy) is 4. The fraction of sp³-hybridized carbons (Fsp3) is 0.877. The molecule has 17 nitrogen and oxygen atoms in total. The summed E-state index contributed by atoms with van der Waals surface area (Å²) in [6, 6.07) is 0. The van der Waals surface area contributed by atoms with Crippen LogP contribution in [0.15, 0.2) is 36.5 Å². The van der Waals surface area contributed by atoms with Crippen LogP contribution in [0.3, 0.4) is 0 Å². The van der Waals surface area contributed by atoms with Gasteiger partial charge in [-0.2, -0.15) is 0 Å². The molecule has 19 heteroatoms. The van der Waals surface area contributed by atoms with Gasteiger partial charge in [0.1, 0.15) is 19.3 Å². The van der Waals surface area contributed by atoms with Crippen LogP contribution in [0.4, 0.5) is 0 Å². The number of phosphoric acid groups is 2. The molecule has 0 aromatic rings. The number of carbonyl (C=O) groups is 4. The van der Waals surface area contributed by atoms with E-state index in [1.165, 1.54) is 167 Å². The summed E-state index contributed by atoms with van der Waals surface area (Å²) >= 11 is 0. The number of unbranched alkanes of at least 4 members (excludes halogenated alkanes) is 47. The van der Waals surface area contributed by atoms with Crippen LogP contribution in [0.5, 0.6) is 0 Å². The minimum absolute atomic E-state index is 0.0958. The van der Waals surface area contributed by atoms with Gasteiger partial charge in [-0.25, -0.2) is 9.13 Å². The van der Waals surface area contributed by atoms with E-state index >= 15 is 0 Å². The summed E-state index contributed by atoms with van der Waals surface area (Å²) in [6.07, 6.45) is 71.0. The third-order valence-electron chi connectivity index (χ3n) is 18.1. The van der Waals surface area contributed by atoms with Gasteiger partial charge in [-0.3, -0.25) is 37.3 Å². The molecular weight excluding hydrogens is 1310 g/mol. The molecule has 588 valence electrons. The highest BCUT2D eigenvalue weighted by molar-refractivity contribution is 7.47. The van der Waals surface area contributed by atoms with Crippen LogP contribution in [0.1, 0.15) is 400 Å². The van der Waals surface area contributed by atoms with Gasteiger partial charge in [-0.1, -0.05) is 308 Å². The third kappa shape index (κ3) is 73.6. The van der Waals surface area contributed by atoms with Crippen LogP contribution in [0, 0.1) is 0 Å². The second-order valence-corrected chi connectivity index (χ2v) is 31.0. The van der Waals surface area contributed by atoms with Crippen LogP contribution >= 0.6 is 15.6 Å². The van der Waals surface area contributed by atoms with E-state index in [2.05, 4.69) is 64.2 Å². The number of hydrogen-bond donors (Lipinski definition) is 3. The molecule has 0 aliphatic heterocycles. The smallest absolute Gasteiger partial charge is 0.462 e. The summed E-state index contributed by atoms with van der Waals surface area (Å²) in [6.45, 7) is 4.93. The molecule has 0 aliphatic carbocycles. The first-order valence-corrected chi connectivity index (χ1v) is 44.2. The van der Waals surface area contributed by atoms with E-state index in [-0.39, 0.29) is 25.7 Å². The predicted molar refractivity (Wildman–Crippen MR) is 409 cm³/mol. The van der Waals surface area contributed by atoms with Gasteiger partial charge < -0.3 is 33.8 Å². The van der Waals surface area contributed by atoms with Gasteiger partial charge in [0, 0.05) is 25.7 Å². The van der Waals surface area contributed by atoms with Crippen molar-refractivity contribution in [1.29, 1.82) is 0 Å². The van der Waals surface area contributed by atoms with Crippen LogP contribution in [-0.4, -0.2) is 96.7 Å². The molecule has 0 spiro atoms. The van der Waals surface area contributed by atoms with E-state index in [9.17, 15) is 43.2 Å². The molecule has 0 aliphatic rings. The second kappa shape index (κ2) is 74.5. The molecule has 0 radical (unpaired) electrons. The Morgan fingerprint density at radius 2 is 0.460 bits per heavy atom. The highest BCUT2D eigenvalue weighted by Gasteiger charge is 2.30. The molecule has 2 unspecified atom stereocenters. The van der Waals surface area contributed by atoms with Crippen molar-refractivity contribution < 1.29 is 80.2 Å². The van der Waals surface area contributed by atoms with E-state index in [4.69, 9.17) is 37.0 Å². The lowest BCUT2D eigenvalue weighted by Crippen LogP contribution is -2.30. The highest BCUT2D eigenvalue weighted by Crippen LogP contribution is 2.45. The second-order valence-electron chi connectivity index (χ2n) is 28.1. The molecule has 0 fully saturated rings. The van der Waals surface area contributed by atoms with Gasteiger partial charge in [-0.15, -0.1) is 0 Å². The standard InChI is InChI=1S/C81H152O17P2/c1-5-9-13-17-21-25-29-33-37-41-45-49-53-57-61-65-78(83)91-71-76(97-80(85)67-63-59-55-51-47-43-39-35-31-27-23-19-15-11-7-3)73-95-99(87,88)93-69-75(82)70-94-100(89,90)96-74-77(98-81(86)68-64-60-56-52-48-44-40-36-32-28-24-20-16-12-8-4)72-92-79(84)66-62-58-54-50-46-42-38-34-30-26-22-18-14-10-6-2/h25-27,29-31,75-77,82H,5-24,28,32-74H2,1-4H3,(H,87,88)(H,89,90)/b29-25-,30-26-,31-27-/t75-,76-,77-/m1/s1. The summed E-state index contributed by atoms with van der Waals surface area (Å²) < 4.78 is 68.7. The summed E-state index contributed by atoms with van der Waals surface area (Å²) in [5.41, 5.74) is 0. The lowest BCUT2D eigenvalue weighted by atomic mass is 10.0. The molecule has 5 atom stereocenters. The van der Waals surface area contributed by atoms with Crippen LogP contribution in [0.2, 0.25) is 0 Å². The van der Waals surface area contributed by atoms with Crippen molar-refractivity contribution in [3.8, 4) is 0 Å². The Hall–Kier alpha value is -2.72. The van der Waals surface area contributed by atoms with Crippen molar-refractivity contribution in [3.63, 3.8) is 0 Å². The first-order chi connectivity index (χ1) is 48.7. The Bertz CT molecular complexity index is 2040. The summed E-state index contributed by atoms with van der Waals surface area (Å²) in [7, 11) is -9.93. The average molecular weight is 1460 g/mol. The number of allylic oxidation sites excluding steroid dienone is 6. The zero-order valence-corrected chi connectivity index (χ0v) is 66.2. The largest absolute Gasteiger partial charge is 0.472 e. The molecular formula is C81H152O17P2. The van der Waals surface area contributed by atoms with Gasteiger partial charge in [0.05, 0.1) is 26.4 Å². The van der Waals surface area contributed by atoms with Gasteiger partial charge >= 0.3 is 39.5 Å². The zero-order valence-electron chi connectivity index (χ0n) is 64.4. The van der Waals surface area contributed by atoms with Gasteiger partial charge in [0.15, 0.2) is 12.2 Å². The summed E-state index contributed by atoms with van der Waals surface area (Å²) in [5, 5.41) is 10.6. The van der Waals surface area contributed by atoms with Crippen molar-refractivity contribution >= 4 is 39.5 Å². The maximum atomic E-state index is 13.1. The summed E-state index contributed by atoms with van der Waals surface area (Å²) in [5.74, 6) is -2.14. The molecule has 0 amide bonds. The first kappa shape index (κ1) is 97.3. The van der Waals surface area contributed by atoms with Crippen molar-refractivity contribution in [2.24, 2.45) is 0 Å². The number of phosphoric ester groups is 2. The number of hydrogen-bond acceptors (Lipinski definition) is 15. The Morgan fingerprint density at radius 3 is 0.700 bits per heavy atom. The van der Waals surface area contributed by atoms with Crippen molar-refractivity contribution in [3.05, 3.63) is 36.5 Å². The quantitative estimate of drug-likeness (QED) is 0.0169. The fourth-order valence-electron chi connectivity index (χ4n) is 11.7. The van der Waals surface area contributed by atoms with E-state index in [0.29, 0.717) is 25.7 Å². The average Bonchev–Trinajstić information content (AvgIpc) is 1.01. The van der Waals surface area contributed by atoms with E-state index in [1.54, 1.807) is 0 Å². The van der Waals surface area contributed by atoms with Crippen molar-refractivity contribution in [1.82, 2.24) is 0 Å². The minimum atomic E-state index is -4.97. The minimum Gasteiger partial charge on any atom is -0.462 e. The molecule has 100 heavy (non-hydrogen) atoms. The number of carbonyl (C=O) groups excluding carboxylic acids is 4. The molecule has 0 saturated heterocycles. The molecule has 0 heterocycles. The monoisotopic (exact) mass is 1460 g/mol. The topological polar surface area (TPSA) is 237 Å². The normalized spacial score (nSPS) is 14.0. The fourth-order valence-corrected chi connectivity index (χ4v) is 13.3. The lowest BCUT2D eigenvalue weighted by Gasteiger charge is -2.21. The SMILES string of the molecule is CCCCCC/C=C\CCCCCCCCCC(=O)OC[C@H](COP(=O)(O)OC[C@@H](O)COP(=O)(O)OC[C@@H](COC(=O)CCCCCCCCC/C=C\CCCCCC)OC(=O)CCCCCCCCCCCCCCCCC)OC(=O)CCCCCCCCC/C=C\CCCCCC. The molecule has 0 saturated carbocycles. The van der Waals surface area contributed by atoms with E-state index in [0.717, 1.165) is 154 Å². The summed E-state index contributed by atoms with van der Waals surface area (Å²) in [4.78, 5) is 73.0. The molecule has 0 aromatic carbocycles. The zero-order chi connectivity index (χ0) is 73.2. The van der Waals surface area contributed by atoms with Gasteiger partial charge in [0.25, 0.3) is 0 Å². The number of esters is 4. The maximum absolute atomic E-state index is 13.1. The Balaban J connectivity index is 5.31. The Kier molecular flexibility index (Phi) is 72.5. The Morgan fingerprint density at radius 1 is 0.270 bits per heavy atom. The predicted octanol–water partition coefficient (Wildman–Crippen LogP) is 23.9. The molecule has 0 bridgehead atoms. The molecule has 0 aromatic heterocycles. The van der Waals surface area contributed by atoms with Crippen molar-refractivity contribution in [2.45, 2.75) is 418 Å². The molecule has 3 N–H and O–H groups in total. The number of aliphatic hydroxyl groups excluding tert-OH is 1. The van der Waals surface area contributed by atoms with Crippen LogP contribution < -0.4 is 0 Å². The highest BCUT2D eigenvalue weighted by atomic mass is 31.2. The van der Waals surface area contributed by atoms with Gasteiger partial charge in [-0.05, 0) is 103 Å². The first-order valence-electron chi connectivity index (χ1n) is 41.2. The van der Waals surface area contributed by atoms with Crippen LogP contribution in [0.25, 0.3) is 0 Å². The van der Waals surface area contributed by atoms with Gasteiger partial charge in [0.2, 0.25) is 0 Å². The third-order valence-corrected chi connectivity index (χ3v) is 20.0. The maximum Gasteiger partial charge on any atom is 0.472 e. The number of rotatable bonds is 79. The van der Waals surface area contributed by atoms with E-state index in [1.807, 2.05) is 0 Å². The van der Waals surface area contributed by atoms with E-state index < -0.39 is 97.5 Å². The molecule has 0 rings (SSSR count). The number of aliphatic hydroxyl groups is 1. The lowest BCUT2D eigenvalue weighted by molar-refractivity contribution is -0.161. The Labute approximate surface area is 611 Å².